The molecule has 1 amide bonds. The Balaban J connectivity index is 1.85. The highest BCUT2D eigenvalue weighted by Gasteiger charge is 2.21. The number of rotatable bonds is 7. The quantitative estimate of drug-likeness (QED) is 0.641. The summed E-state index contributed by atoms with van der Waals surface area (Å²) in [6.07, 6.45) is 0. The van der Waals surface area contributed by atoms with Crippen molar-refractivity contribution in [1.82, 2.24) is 10.0 Å². The molecule has 28 heavy (non-hydrogen) atoms. The van der Waals surface area contributed by atoms with Crippen LogP contribution in [-0.4, -0.2) is 28.0 Å². The van der Waals surface area contributed by atoms with Crippen molar-refractivity contribution < 1.29 is 17.9 Å². The second-order valence-corrected chi connectivity index (χ2v) is 7.92. The highest BCUT2D eigenvalue weighted by atomic mass is 32.2. The molecule has 0 saturated heterocycles. The van der Waals surface area contributed by atoms with Crippen molar-refractivity contribution in [2.45, 2.75) is 18.4 Å². The molecule has 146 valence electrons. The van der Waals surface area contributed by atoms with Gasteiger partial charge >= 0.3 is 0 Å². The molecule has 3 aromatic rings. The van der Waals surface area contributed by atoms with Crippen LogP contribution in [0.2, 0.25) is 0 Å². The van der Waals surface area contributed by atoms with E-state index in [1.54, 1.807) is 13.0 Å². The summed E-state index contributed by atoms with van der Waals surface area (Å²) in [6.45, 7) is 2.26. The van der Waals surface area contributed by atoms with E-state index in [4.69, 9.17) is 4.74 Å². The first-order valence-corrected chi connectivity index (χ1v) is 10.4. The molecular formula is C21H22N2O4S. The van der Waals surface area contributed by atoms with Crippen LogP contribution in [0.5, 0.6) is 5.75 Å². The fourth-order valence-corrected chi connectivity index (χ4v) is 4.25. The van der Waals surface area contributed by atoms with E-state index >= 15 is 0 Å². The van der Waals surface area contributed by atoms with Gasteiger partial charge in [-0.05, 0) is 34.5 Å². The van der Waals surface area contributed by atoms with Crippen molar-refractivity contribution in [3.63, 3.8) is 0 Å². The van der Waals surface area contributed by atoms with Crippen LogP contribution < -0.4 is 14.8 Å². The van der Waals surface area contributed by atoms with Gasteiger partial charge in [-0.3, -0.25) is 4.79 Å². The van der Waals surface area contributed by atoms with E-state index in [2.05, 4.69) is 10.0 Å². The molecular weight excluding hydrogens is 376 g/mol. The average Bonchev–Trinajstić information content (AvgIpc) is 2.71. The van der Waals surface area contributed by atoms with Crippen molar-refractivity contribution in [3.05, 3.63) is 71.8 Å². The van der Waals surface area contributed by atoms with Gasteiger partial charge in [0.25, 0.3) is 5.91 Å². The zero-order valence-electron chi connectivity index (χ0n) is 15.7. The van der Waals surface area contributed by atoms with Crippen LogP contribution in [0, 0.1) is 0 Å². The predicted molar refractivity (Wildman–Crippen MR) is 109 cm³/mol. The van der Waals surface area contributed by atoms with Gasteiger partial charge in [0, 0.05) is 18.7 Å². The van der Waals surface area contributed by atoms with Crippen molar-refractivity contribution in [2.24, 2.45) is 0 Å². The summed E-state index contributed by atoms with van der Waals surface area (Å²) < 4.78 is 32.3. The Morgan fingerprint density at radius 3 is 2.54 bits per heavy atom. The second kappa shape index (κ2) is 8.41. The Morgan fingerprint density at radius 2 is 1.79 bits per heavy atom. The van der Waals surface area contributed by atoms with Gasteiger partial charge in [-0.15, -0.1) is 0 Å². The minimum Gasteiger partial charge on any atom is -0.495 e. The third-order valence-electron chi connectivity index (χ3n) is 4.37. The lowest BCUT2D eigenvalue weighted by Crippen LogP contribution is -2.26. The first kappa shape index (κ1) is 19.9. The fraction of sp³-hybridized carbons (Fsp3) is 0.190. The van der Waals surface area contributed by atoms with Crippen LogP contribution in [0.25, 0.3) is 10.8 Å². The molecule has 0 aliphatic carbocycles. The maximum atomic E-state index is 12.6. The van der Waals surface area contributed by atoms with Crippen LogP contribution in [0.1, 0.15) is 22.8 Å². The van der Waals surface area contributed by atoms with Crippen LogP contribution in [0.4, 0.5) is 0 Å². The number of benzene rings is 3. The molecule has 0 unspecified atom stereocenters. The summed E-state index contributed by atoms with van der Waals surface area (Å²) in [6, 6.07) is 18.2. The molecule has 0 bridgehead atoms. The number of sulfonamides is 1. The van der Waals surface area contributed by atoms with Gasteiger partial charge in [-0.1, -0.05) is 49.4 Å². The smallest absolute Gasteiger partial charge is 0.251 e. The van der Waals surface area contributed by atoms with E-state index in [0.717, 1.165) is 16.3 Å². The van der Waals surface area contributed by atoms with Crippen LogP contribution in [-0.2, 0) is 16.6 Å². The summed E-state index contributed by atoms with van der Waals surface area (Å²) in [7, 11) is -2.37. The lowest BCUT2D eigenvalue weighted by molar-refractivity contribution is 0.0951. The molecule has 0 radical (unpaired) electrons. The van der Waals surface area contributed by atoms with Gasteiger partial charge in [-0.2, -0.15) is 0 Å². The number of carbonyl (C=O) groups excluding carboxylic acids is 1. The minimum atomic E-state index is -3.76. The average molecular weight is 398 g/mol. The van der Waals surface area contributed by atoms with Crippen LogP contribution >= 0.6 is 0 Å². The zero-order chi connectivity index (χ0) is 20.1. The van der Waals surface area contributed by atoms with Crippen molar-refractivity contribution in [3.8, 4) is 5.75 Å². The first-order valence-electron chi connectivity index (χ1n) is 8.89. The standard InChI is InChI=1S/C21H22N2O4S/c1-3-23-28(25,26)20-13-16(11-12-19(20)27-2)21(24)22-14-17-9-6-8-15-7-4-5-10-18(15)17/h4-13,23H,3,14H2,1-2H3,(H,22,24). The second-order valence-electron chi connectivity index (χ2n) is 6.19. The molecule has 0 aromatic heterocycles. The minimum absolute atomic E-state index is 0.0605. The van der Waals surface area contributed by atoms with E-state index in [9.17, 15) is 13.2 Å². The molecule has 7 heteroatoms. The number of amides is 1. The molecule has 0 saturated carbocycles. The van der Waals surface area contributed by atoms with Gasteiger partial charge in [0.15, 0.2) is 0 Å². The molecule has 6 nitrogen and oxygen atoms in total. The van der Waals surface area contributed by atoms with Gasteiger partial charge in [0.1, 0.15) is 10.6 Å². The number of ether oxygens (including phenoxy) is 1. The molecule has 0 aliphatic rings. The number of carbonyl (C=O) groups is 1. The maximum Gasteiger partial charge on any atom is 0.251 e. The molecule has 3 aromatic carbocycles. The maximum absolute atomic E-state index is 12.6. The molecule has 3 rings (SSSR count). The lowest BCUT2D eigenvalue weighted by atomic mass is 10.0. The largest absolute Gasteiger partial charge is 0.495 e. The highest BCUT2D eigenvalue weighted by molar-refractivity contribution is 7.89. The number of hydrogen-bond donors (Lipinski definition) is 2. The summed E-state index contributed by atoms with van der Waals surface area (Å²) in [4.78, 5) is 12.6. The molecule has 2 N–H and O–H groups in total. The summed E-state index contributed by atoms with van der Waals surface area (Å²) in [5.74, 6) is -0.171. The molecule has 0 heterocycles. The Kier molecular flexibility index (Phi) is 5.96. The Hall–Kier alpha value is -2.90. The fourth-order valence-electron chi connectivity index (χ4n) is 3.02. The monoisotopic (exact) mass is 398 g/mol. The third-order valence-corrected chi connectivity index (χ3v) is 5.94. The van der Waals surface area contributed by atoms with Crippen molar-refractivity contribution in [2.75, 3.05) is 13.7 Å². The number of fused-ring (bicyclic) bond motifs is 1. The first-order chi connectivity index (χ1) is 13.5. The topological polar surface area (TPSA) is 84.5 Å². The third kappa shape index (κ3) is 4.16. The van der Waals surface area contributed by atoms with Gasteiger partial charge in [-0.25, -0.2) is 13.1 Å². The van der Waals surface area contributed by atoms with Crippen molar-refractivity contribution >= 4 is 26.7 Å². The Bertz CT molecular complexity index is 1110. The predicted octanol–water partition coefficient (Wildman–Crippen LogP) is 3.08. The van der Waals surface area contributed by atoms with E-state index < -0.39 is 10.0 Å². The van der Waals surface area contributed by atoms with E-state index in [-0.39, 0.29) is 28.7 Å². The van der Waals surface area contributed by atoms with Gasteiger partial charge in [0.2, 0.25) is 10.0 Å². The van der Waals surface area contributed by atoms with Gasteiger partial charge < -0.3 is 10.1 Å². The Labute approximate surface area is 164 Å². The summed E-state index contributed by atoms with van der Waals surface area (Å²) in [5.41, 5.74) is 1.23. The molecule has 0 fully saturated rings. The lowest BCUT2D eigenvalue weighted by Gasteiger charge is -2.12. The molecule has 0 atom stereocenters. The highest BCUT2D eigenvalue weighted by Crippen LogP contribution is 2.25. The van der Waals surface area contributed by atoms with E-state index in [1.807, 2.05) is 42.5 Å². The Morgan fingerprint density at radius 1 is 1.04 bits per heavy atom. The molecule has 0 spiro atoms. The summed E-state index contributed by atoms with van der Waals surface area (Å²) >= 11 is 0. The summed E-state index contributed by atoms with van der Waals surface area (Å²) in [5, 5.41) is 5.02. The number of nitrogens with one attached hydrogen (secondary N) is 2. The number of methoxy groups -OCH3 is 1. The molecule has 0 aliphatic heterocycles. The van der Waals surface area contributed by atoms with Crippen LogP contribution in [0.15, 0.2) is 65.6 Å². The SMILES string of the molecule is CCNS(=O)(=O)c1cc(C(=O)NCc2cccc3ccccc23)ccc1OC. The van der Waals surface area contributed by atoms with Gasteiger partial charge in [0.05, 0.1) is 7.11 Å². The van der Waals surface area contributed by atoms with Crippen LogP contribution in [0.3, 0.4) is 0 Å². The number of hydrogen-bond acceptors (Lipinski definition) is 4. The van der Waals surface area contributed by atoms with E-state index in [1.165, 1.54) is 19.2 Å². The normalized spacial score (nSPS) is 11.4. The van der Waals surface area contributed by atoms with Crippen molar-refractivity contribution in [1.29, 1.82) is 0 Å². The zero-order valence-corrected chi connectivity index (χ0v) is 16.5. The van der Waals surface area contributed by atoms with E-state index in [0.29, 0.717) is 6.54 Å².